The Bertz CT molecular complexity index is 867. The van der Waals surface area contributed by atoms with E-state index in [9.17, 15) is 0 Å². The molecule has 1 aliphatic rings. The predicted octanol–water partition coefficient (Wildman–Crippen LogP) is 6.18. The third-order valence-corrected chi connectivity index (χ3v) is 5.49. The van der Waals surface area contributed by atoms with Crippen LogP contribution < -0.4 is 10.6 Å². The van der Waals surface area contributed by atoms with Gasteiger partial charge in [0.25, 0.3) is 0 Å². The maximum absolute atomic E-state index is 4.42. The predicted molar refractivity (Wildman–Crippen MR) is 111 cm³/mol. The van der Waals surface area contributed by atoms with Gasteiger partial charge in [0.05, 0.1) is 10.6 Å². The minimum atomic E-state index is 0.363. The van der Waals surface area contributed by atoms with Gasteiger partial charge in [-0.3, -0.25) is 0 Å². The van der Waals surface area contributed by atoms with Gasteiger partial charge in [-0.25, -0.2) is 0 Å². The highest BCUT2D eigenvalue weighted by Crippen LogP contribution is 2.45. The molecule has 0 radical (unpaired) electrons. The van der Waals surface area contributed by atoms with Crippen molar-refractivity contribution in [2.75, 3.05) is 5.32 Å². The first kappa shape index (κ1) is 17.3. The van der Waals surface area contributed by atoms with E-state index in [4.69, 9.17) is 0 Å². The molecular weight excluding hydrogens is 324 g/mol. The maximum atomic E-state index is 4.42. The Morgan fingerprint density at radius 2 is 1.96 bits per heavy atom. The smallest absolute Gasteiger partial charge is 0.0603 e. The number of allylic oxidation sites excluding steroid dienone is 4. The highest BCUT2D eigenvalue weighted by molar-refractivity contribution is 7.12. The lowest BCUT2D eigenvalue weighted by Crippen LogP contribution is -2.15. The van der Waals surface area contributed by atoms with Crippen LogP contribution in [0.15, 0.2) is 72.5 Å². The number of hydrogen-bond donors (Lipinski definition) is 2. The summed E-state index contributed by atoms with van der Waals surface area (Å²) in [4.78, 5) is 1.22. The molecule has 25 heavy (non-hydrogen) atoms. The minimum absolute atomic E-state index is 0.363. The summed E-state index contributed by atoms with van der Waals surface area (Å²) in [6.45, 7) is 14.7. The lowest BCUT2D eigenvalue weighted by atomic mass is 9.91. The van der Waals surface area contributed by atoms with Gasteiger partial charge in [-0.2, -0.15) is 0 Å². The SMILES string of the molecule is C=CN/C(=C\C1=C(c2ccccc2)C(=C)c2scc(C)c2N1)C(C)C. The zero-order chi connectivity index (χ0) is 18.0. The van der Waals surface area contributed by atoms with Crippen LogP contribution in [-0.2, 0) is 0 Å². The molecule has 0 saturated heterocycles. The minimum Gasteiger partial charge on any atom is -0.365 e. The van der Waals surface area contributed by atoms with E-state index in [2.05, 4.69) is 80.3 Å². The van der Waals surface area contributed by atoms with Crippen LogP contribution in [0.5, 0.6) is 0 Å². The van der Waals surface area contributed by atoms with Crippen LogP contribution in [-0.4, -0.2) is 0 Å². The number of thiophene rings is 1. The second-order valence-corrected chi connectivity index (χ2v) is 7.36. The number of rotatable bonds is 5. The van der Waals surface area contributed by atoms with Crippen molar-refractivity contribution in [3.63, 3.8) is 0 Å². The summed E-state index contributed by atoms with van der Waals surface area (Å²) >= 11 is 1.75. The van der Waals surface area contributed by atoms with Gasteiger partial charge in [-0.15, -0.1) is 11.3 Å². The van der Waals surface area contributed by atoms with Crippen molar-refractivity contribution in [2.45, 2.75) is 20.8 Å². The van der Waals surface area contributed by atoms with Crippen molar-refractivity contribution in [1.82, 2.24) is 5.32 Å². The first-order valence-corrected chi connectivity index (χ1v) is 9.34. The zero-order valence-electron chi connectivity index (χ0n) is 15.0. The molecule has 0 atom stereocenters. The summed E-state index contributed by atoms with van der Waals surface area (Å²) in [5, 5.41) is 9.10. The van der Waals surface area contributed by atoms with Crippen LogP contribution in [0.3, 0.4) is 0 Å². The molecule has 1 aromatic heterocycles. The molecule has 0 amide bonds. The topological polar surface area (TPSA) is 24.1 Å². The zero-order valence-corrected chi connectivity index (χ0v) is 15.8. The molecule has 2 nitrogen and oxygen atoms in total. The Balaban J connectivity index is 2.20. The van der Waals surface area contributed by atoms with E-state index < -0.39 is 0 Å². The molecule has 1 aromatic carbocycles. The van der Waals surface area contributed by atoms with Crippen LogP contribution in [0.1, 0.15) is 29.9 Å². The van der Waals surface area contributed by atoms with Gasteiger partial charge in [-0.1, -0.05) is 57.3 Å². The Morgan fingerprint density at radius 1 is 1.24 bits per heavy atom. The van der Waals surface area contributed by atoms with Crippen LogP contribution in [0.25, 0.3) is 11.1 Å². The average Bonchev–Trinajstić information content (AvgIpc) is 2.97. The molecule has 2 N–H and O–H groups in total. The Labute approximate surface area is 154 Å². The highest BCUT2D eigenvalue weighted by Gasteiger charge is 2.24. The van der Waals surface area contributed by atoms with Crippen molar-refractivity contribution in [2.24, 2.45) is 5.92 Å². The van der Waals surface area contributed by atoms with Crippen molar-refractivity contribution >= 4 is 28.2 Å². The summed E-state index contributed by atoms with van der Waals surface area (Å²) in [5.41, 5.74) is 8.01. The summed E-state index contributed by atoms with van der Waals surface area (Å²) in [7, 11) is 0. The lowest BCUT2D eigenvalue weighted by molar-refractivity contribution is 0.714. The number of fused-ring (bicyclic) bond motifs is 1. The van der Waals surface area contributed by atoms with Crippen LogP contribution in [0.4, 0.5) is 5.69 Å². The number of aryl methyl sites for hydroxylation is 1. The molecule has 0 aliphatic carbocycles. The van der Waals surface area contributed by atoms with E-state index in [0.29, 0.717) is 5.92 Å². The van der Waals surface area contributed by atoms with Crippen molar-refractivity contribution in [3.05, 3.63) is 88.5 Å². The molecule has 128 valence electrons. The summed E-state index contributed by atoms with van der Waals surface area (Å²) < 4.78 is 0. The van der Waals surface area contributed by atoms with Gasteiger partial charge in [0.2, 0.25) is 0 Å². The van der Waals surface area contributed by atoms with Crippen LogP contribution in [0, 0.1) is 12.8 Å². The first-order valence-electron chi connectivity index (χ1n) is 8.46. The van der Waals surface area contributed by atoms with E-state index in [1.165, 1.54) is 21.7 Å². The molecule has 2 heterocycles. The van der Waals surface area contributed by atoms with Crippen molar-refractivity contribution in [3.8, 4) is 0 Å². The molecule has 0 spiro atoms. The molecule has 0 bridgehead atoms. The number of anilines is 1. The average molecular weight is 349 g/mol. The second kappa shape index (κ2) is 7.16. The maximum Gasteiger partial charge on any atom is 0.0603 e. The standard InChI is InChI=1S/C22H24N2S/c1-6-23-18(14(2)3)12-19-20(17-10-8-7-9-11-17)16(5)22-21(24-19)15(4)13-25-22/h6-14,23-24H,1,5H2,2-4H3/b18-12-. The summed E-state index contributed by atoms with van der Waals surface area (Å²) in [6.07, 6.45) is 3.91. The van der Waals surface area contributed by atoms with Gasteiger partial charge < -0.3 is 10.6 Å². The fraction of sp³-hybridized carbons (Fsp3) is 0.182. The quantitative estimate of drug-likeness (QED) is 0.674. The van der Waals surface area contributed by atoms with Gasteiger partial charge in [0, 0.05) is 17.0 Å². The van der Waals surface area contributed by atoms with Gasteiger partial charge in [0.1, 0.15) is 0 Å². The second-order valence-electron chi connectivity index (χ2n) is 6.48. The van der Waals surface area contributed by atoms with Gasteiger partial charge in [-0.05, 0) is 47.2 Å². The molecule has 1 aliphatic heterocycles. The molecule has 0 unspecified atom stereocenters. The first-order chi connectivity index (χ1) is 12.0. The monoisotopic (exact) mass is 348 g/mol. The molecule has 2 aromatic rings. The molecule has 0 saturated carbocycles. The van der Waals surface area contributed by atoms with E-state index in [-0.39, 0.29) is 0 Å². The fourth-order valence-electron chi connectivity index (χ4n) is 2.99. The Kier molecular flexibility index (Phi) is 4.95. The van der Waals surface area contributed by atoms with E-state index in [0.717, 1.165) is 22.5 Å². The summed E-state index contributed by atoms with van der Waals surface area (Å²) in [5.74, 6) is 0.363. The Hall–Kier alpha value is -2.52. The van der Waals surface area contributed by atoms with E-state index >= 15 is 0 Å². The van der Waals surface area contributed by atoms with Crippen LogP contribution >= 0.6 is 11.3 Å². The van der Waals surface area contributed by atoms with Crippen molar-refractivity contribution < 1.29 is 0 Å². The largest absolute Gasteiger partial charge is 0.365 e. The lowest BCUT2D eigenvalue weighted by Gasteiger charge is -2.25. The molecule has 3 rings (SSSR count). The molecule has 0 fully saturated rings. The summed E-state index contributed by atoms with van der Waals surface area (Å²) in [6, 6.07) is 10.4. The van der Waals surface area contributed by atoms with Crippen molar-refractivity contribution in [1.29, 1.82) is 0 Å². The molecule has 3 heteroatoms. The number of nitrogens with one attached hydrogen (secondary N) is 2. The normalized spacial score (nSPS) is 14.4. The van der Waals surface area contributed by atoms with E-state index in [1.54, 1.807) is 17.5 Å². The molecular formula is C22H24N2S. The Morgan fingerprint density at radius 3 is 2.60 bits per heavy atom. The fourth-order valence-corrected chi connectivity index (χ4v) is 3.97. The number of hydrogen-bond acceptors (Lipinski definition) is 3. The third kappa shape index (κ3) is 3.33. The van der Waals surface area contributed by atoms with Gasteiger partial charge in [0.15, 0.2) is 0 Å². The van der Waals surface area contributed by atoms with Gasteiger partial charge >= 0.3 is 0 Å². The highest BCUT2D eigenvalue weighted by atomic mass is 32.1. The third-order valence-electron chi connectivity index (χ3n) is 4.33. The van der Waals surface area contributed by atoms with E-state index in [1.807, 2.05) is 6.07 Å². The van der Waals surface area contributed by atoms with Crippen LogP contribution in [0.2, 0.25) is 0 Å². The number of benzene rings is 1.